The van der Waals surface area contributed by atoms with Crippen LogP contribution in [0, 0.1) is 11.7 Å². The zero-order valence-electron chi connectivity index (χ0n) is 10.6. The fraction of sp³-hybridized carbons (Fsp3) is 0.417. The molecule has 0 aliphatic carbocycles. The molecule has 4 nitrogen and oxygen atoms in total. The van der Waals surface area contributed by atoms with Gasteiger partial charge in [-0.25, -0.2) is 12.8 Å². The van der Waals surface area contributed by atoms with Gasteiger partial charge >= 0.3 is 0 Å². The van der Waals surface area contributed by atoms with Gasteiger partial charge in [-0.1, -0.05) is 6.92 Å². The predicted octanol–water partition coefficient (Wildman–Crippen LogP) is 3.00. The van der Waals surface area contributed by atoms with Gasteiger partial charge in [0.15, 0.2) is 0 Å². The van der Waals surface area contributed by atoms with E-state index < -0.39 is 25.7 Å². The van der Waals surface area contributed by atoms with Crippen LogP contribution < -0.4 is 0 Å². The lowest BCUT2D eigenvalue weighted by Crippen LogP contribution is -2.29. The van der Waals surface area contributed by atoms with Gasteiger partial charge in [-0.2, -0.15) is 0 Å². The molecule has 0 saturated carbocycles. The standard InChI is InChI=1S/C12H12BrClFNO3S/c1-7-2-3-16(6-7)12(17)9-4-8(15)5-10(11(9)13)20(14,18)19/h4-5,7H,2-3,6H2,1H3. The van der Waals surface area contributed by atoms with Gasteiger partial charge in [0.05, 0.1) is 10.0 Å². The normalized spacial score (nSPS) is 19.4. The molecule has 0 bridgehead atoms. The molecule has 1 saturated heterocycles. The van der Waals surface area contributed by atoms with Crippen LogP contribution in [0.15, 0.2) is 21.5 Å². The molecule has 1 heterocycles. The molecule has 0 N–H and O–H groups in total. The Balaban J connectivity index is 2.47. The largest absolute Gasteiger partial charge is 0.338 e. The Morgan fingerprint density at radius 3 is 2.65 bits per heavy atom. The Bertz CT molecular complexity index is 665. The molecule has 1 atom stereocenters. The average molecular weight is 385 g/mol. The number of hydrogen-bond donors (Lipinski definition) is 0. The third-order valence-electron chi connectivity index (χ3n) is 3.21. The summed E-state index contributed by atoms with van der Waals surface area (Å²) in [7, 11) is 1.11. The monoisotopic (exact) mass is 383 g/mol. The first-order valence-corrected chi connectivity index (χ1v) is 9.03. The third-order valence-corrected chi connectivity index (χ3v) is 5.67. The quantitative estimate of drug-likeness (QED) is 0.737. The molecule has 8 heteroatoms. The molecule has 110 valence electrons. The Kier molecular flexibility index (Phi) is 4.41. The lowest BCUT2D eigenvalue weighted by molar-refractivity contribution is 0.0786. The zero-order valence-corrected chi connectivity index (χ0v) is 13.7. The summed E-state index contributed by atoms with van der Waals surface area (Å²) in [5.41, 5.74) is -0.0293. The highest BCUT2D eigenvalue weighted by atomic mass is 79.9. The Morgan fingerprint density at radius 1 is 1.50 bits per heavy atom. The molecule has 1 amide bonds. The highest BCUT2D eigenvalue weighted by Gasteiger charge is 2.28. The van der Waals surface area contributed by atoms with Crippen molar-refractivity contribution in [2.24, 2.45) is 5.92 Å². The van der Waals surface area contributed by atoms with E-state index in [1.807, 2.05) is 6.92 Å². The summed E-state index contributed by atoms with van der Waals surface area (Å²) in [6.45, 7) is 3.17. The number of likely N-dealkylation sites (tertiary alicyclic amines) is 1. The van der Waals surface area contributed by atoms with Crippen LogP contribution in [0.1, 0.15) is 23.7 Å². The van der Waals surface area contributed by atoms with Crippen LogP contribution >= 0.6 is 26.6 Å². The van der Waals surface area contributed by atoms with E-state index in [0.717, 1.165) is 18.6 Å². The first-order valence-electron chi connectivity index (χ1n) is 5.93. The zero-order chi connectivity index (χ0) is 15.1. The van der Waals surface area contributed by atoms with E-state index in [4.69, 9.17) is 10.7 Å². The predicted molar refractivity (Wildman–Crippen MR) is 76.8 cm³/mol. The smallest absolute Gasteiger partial charge is 0.262 e. The number of benzene rings is 1. The van der Waals surface area contributed by atoms with Gasteiger partial charge < -0.3 is 4.90 Å². The van der Waals surface area contributed by atoms with Crippen LogP contribution in [0.2, 0.25) is 0 Å². The Hall–Kier alpha value is -0.660. The van der Waals surface area contributed by atoms with E-state index in [-0.39, 0.29) is 10.0 Å². The van der Waals surface area contributed by atoms with Gasteiger partial charge in [0.1, 0.15) is 10.7 Å². The van der Waals surface area contributed by atoms with Crippen LogP contribution in [-0.4, -0.2) is 32.3 Å². The topological polar surface area (TPSA) is 54.5 Å². The number of nitrogens with zero attached hydrogens (tertiary/aromatic N) is 1. The van der Waals surface area contributed by atoms with E-state index >= 15 is 0 Å². The molecule has 1 aliphatic rings. The highest BCUT2D eigenvalue weighted by molar-refractivity contribution is 9.10. The molecule has 1 aromatic carbocycles. The van der Waals surface area contributed by atoms with E-state index in [1.54, 1.807) is 4.90 Å². The molecular formula is C12H12BrClFNO3S. The minimum Gasteiger partial charge on any atom is -0.338 e. The lowest BCUT2D eigenvalue weighted by Gasteiger charge is -2.17. The third kappa shape index (κ3) is 3.15. The van der Waals surface area contributed by atoms with Gasteiger partial charge in [-0.15, -0.1) is 0 Å². The van der Waals surface area contributed by atoms with Crippen molar-refractivity contribution >= 4 is 41.6 Å². The van der Waals surface area contributed by atoms with Crippen molar-refractivity contribution < 1.29 is 17.6 Å². The molecule has 1 aromatic rings. The SMILES string of the molecule is CC1CCN(C(=O)c2cc(F)cc(S(=O)(=O)Cl)c2Br)C1. The second kappa shape index (κ2) is 5.61. The molecule has 0 radical (unpaired) electrons. The fourth-order valence-corrected chi connectivity index (χ4v) is 4.45. The van der Waals surface area contributed by atoms with Crippen molar-refractivity contribution in [3.05, 3.63) is 28.0 Å². The van der Waals surface area contributed by atoms with Crippen molar-refractivity contribution in [3.8, 4) is 0 Å². The van der Waals surface area contributed by atoms with Crippen LogP contribution in [0.3, 0.4) is 0 Å². The molecule has 0 aromatic heterocycles. The second-order valence-corrected chi connectivity index (χ2v) is 8.18. The summed E-state index contributed by atoms with van der Waals surface area (Å²) in [4.78, 5) is 13.5. The molecular weight excluding hydrogens is 373 g/mol. The molecule has 2 rings (SSSR count). The summed E-state index contributed by atoms with van der Waals surface area (Å²) in [5, 5.41) is 0. The summed E-state index contributed by atoms with van der Waals surface area (Å²) in [5.74, 6) is -0.840. The maximum absolute atomic E-state index is 13.5. The van der Waals surface area contributed by atoms with Crippen molar-refractivity contribution in [1.82, 2.24) is 4.90 Å². The number of amides is 1. The Labute approximate surface area is 129 Å². The minimum atomic E-state index is -4.13. The first kappa shape index (κ1) is 15.7. The van der Waals surface area contributed by atoms with Crippen LogP contribution in [0.5, 0.6) is 0 Å². The van der Waals surface area contributed by atoms with Crippen LogP contribution in [0.25, 0.3) is 0 Å². The Morgan fingerprint density at radius 2 is 2.15 bits per heavy atom. The number of hydrogen-bond acceptors (Lipinski definition) is 3. The van der Waals surface area contributed by atoms with Crippen molar-refractivity contribution in [2.75, 3.05) is 13.1 Å². The molecule has 1 aliphatic heterocycles. The molecule has 0 spiro atoms. The van der Waals surface area contributed by atoms with Gasteiger partial charge in [-0.3, -0.25) is 4.79 Å². The van der Waals surface area contributed by atoms with Crippen molar-refractivity contribution in [3.63, 3.8) is 0 Å². The van der Waals surface area contributed by atoms with Gasteiger partial charge in [0.2, 0.25) is 0 Å². The van der Waals surface area contributed by atoms with Crippen LogP contribution in [-0.2, 0) is 9.05 Å². The summed E-state index contributed by atoms with van der Waals surface area (Å²) < 4.78 is 36.3. The maximum atomic E-state index is 13.5. The lowest BCUT2D eigenvalue weighted by atomic mass is 10.2. The summed E-state index contributed by atoms with van der Waals surface area (Å²) in [6.07, 6.45) is 0.874. The van der Waals surface area contributed by atoms with Gasteiger partial charge in [-0.05, 0) is 40.4 Å². The molecule has 1 unspecified atom stereocenters. The number of carbonyl (C=O) groups is 1. The van der Waals surface area contributed by atoms with E-state index in [1.165, 1.54) is 0 Å². The first-order chi connectivity index (χ1) is 9.20. The highest BCUT2D eigenvalue weighted by Crippen LogP contribution is 2.31. The van der Waals surface area contributed by atoms with E-state index in [2.05, 4.69) is 15.9 Å². The fourth-order valence-electron chi connectivity index (χ4n) is 2.19. The summed E-state index contributed by atoms with van der Waals surface area (Å²) >= 11 is 3.04. The van der Waals surface area contributed by atoms with Gasteiger partial charge in [0.25, 0.3) is 15.0 Å². The maximum Gasteiger partial charge on any atom is 0.262 e. The van der Waals surface area contributed by atoms with Crippen molar-refractivity contribution in [1.29, 1.82) is 0 Å². The number of halogens is 3. The summed E-state index contributed by atoms with van der Waals surface area (Å²) in [6, 6.07) is 1.80. The molecule has 1 fully saturated rings. The van der Waals surface area contributed by atoms with Crippen LogP contribution in [0.4, 0.5) is 4.39 Å². The average Bonchev–Trinajstić information content (AvgIpc) is 2.76. The van der Waals surface area contributed by atoms with E-state index in [0.29, 0.717) is 19.0 Å². The molecule has 20 heavy (non-hydrogen) atoms. The number of carbonyl (C=O) groups excluding carboxylic acids is 1. The minimum absolute atomic E-state index is 0.00143. The number of rotatable bonds is 2. The van der Waals surface area contributed by atoms with E-state index in [9.17, 15) is 17.6 Å². The van der Waals surface area contributed by atoms with Crippen molar-refractivity contribution in [2.45, 2.75) is 18.2 Å². The van der Waals surface area contributed by atoms with Gasteiger partial charge in [0, 0.05) is 23.8 Å². The second-order valence-electron chi connectivity index (χ2n) is 4.85.